The number of rotatable bonds is 9. The van der Waals surface area contributed by atoms with Crippen molar-refractivity contribution in [1.29, 1.82) is 5.26 Å². The topological polar surface area (TPSA) is 106 Å². The number of benzene rings is 2. The minimum absolute atomic E-state index is 0.00256. The van der Waals surface area contributed by atoms with Crippen molar-refractivity contribution in [1.82, 2.24) is 14.9 Å². The summed E-state index contributed by atoms with van der Waals surface area (Å²) in [6.45, 7) is 7.99. The Balaban J connectivity index is 1.75. The van der Waals surface area contributed by atoms with E-state index >= 15 is 0 Å². The Morgan fingerprint density at radius 3 is 2.59 bits per heavy atom. The quantitative estimate of drug-likeness (QED) is 0.503. The first-order valence-electron chi connectivity index (χ1n) is 10.7. The van der Waals surface area contributed by atoms with Gasteiger partial charge in [-0.3, -0.25) is 4.79 Å². The standard InChI is InChI=1S/C26H28FN5O2/c1-17(29)19-7-8-20(22(27)11-19)12-30-25(33)24-23(14-34-4)32(16-31-24)13-18-5-9-21(10-6-18)26(2,3)15-28/h5-11,16H,1,12-14,29H2,2-4H3,(H,30,33). The third-order valence-electron chi connectivity index (χ3n) is 5.61. The molecular formula is C26H28FN5O2. The second-order valence-electron chi connectivity index (χ2n) is 8.55. The van der Waals surface area contributed by atoms with Gasteiger partial charge in [-0.15, -0.1) is 0 Å². The van der Waals surface area contributed by atoms with Crippen LogP contribution in [-0.2, 0) is 29.8 Å². The lowest BCUT2D eigenvalue weighted by Gasteiger charge is -2.16. The van der Waals surface area contributed by atoms with Crippen LogP contribution in [0.4, 0.5) is 4.39 Å². The molecule has 0 saturated carbocycles. The number of methoxy groups -OCH3 is 1. The Bertz CT molecular complexity index is 1240. The second kappa shape index (κ2) is 10.3. The zero-order valence-corrected chi connectivity index (χ0v) is 19.6. The van der Waals surface area contributed by atoms with Crippen LogP contribution in [0.3, 0.4) is 0 Å². The van der Waals surface area contributed by atoms with Crippen LogP contribution in [-0.4, -0.2) is 22.6 Å². The van der Waals surface area contributed by atoms with Crippen LogP contribution in [0.1, 0.15) is 52.3 Å². The fraction of sp³-hybridized carbons (Fsp3) is 0.269. The van der Waals surface area contributed by atoms with Gasteiger partial charge in [-0.1, -0.05) is 43.0 Å². The molecule has 34 heavy (non-hydrogen) atoms. The molecule has 0 bridgehead atoms. The largest absolute Gasteiger partial charge is 0.399 e. The smallest absolute Gasteiger partial charge is 0.272 e. The molecule has 0 unspecified atom stereocenters. The van der Waals surface area contributed by atoms with Gasteiger partial charge in [0.2, 0.25) is 0 Å². The predicted molar refractivity (Wildman–Crippen MR) is 128 cm³/mol. The highest BCUT2D eigenvalue weighted by Crippen LogP contribution is 2.23. The second-order valence-corrected chi connectivity index (χ2v) is 8.55. The minimum Gasteiger partial charge on any atom is -0.399 e. The first kappa shape index (κ1) is 24.7. The lowest BCUT2D eigenvalue weighted by molar-refractivity contribution is 0.0940. The zero-order valence-electron chi connectivity index (χ0n) is 19.6. The SMILES string of the molecule is C=C(N)c1ccc(CNC(=O)c2ncn(Cc3ccc(C(C)(C)C#N)cc3)c2COC)c(F)c1. The van der Waals surface area contributed by atoms with Crippen LogP contribution in [0.5, 0.6) is 0 Å². The van der Waals surface area contributed by atoms with Crippen molar-refractivity contribution in [2.45, 2.75) is 39.0 Å². The van der Waals surface area contributed by atoms with Crippen molar-refractivity contribution in [3.8, 4) is 6.07 Å². The summed E-state index contributed by atoms with van der Waals surface area (Å²) < 4.78 is 21.5. The molecule has 3 N–H and O–H groups in total. The van der Waals surface area contributed by atoms with Crippen LogP contribution in [0.15, 0.2) is 55.4 Å². The molecule has 0 radical (unpaired) electrons. The number of carbonyl (C=O) groups is 1. The van der Waals surface area contributed by atoms with Gasteiger partial charge in [0, 0.05) is 31.5 Å². The summed E-state index contributed by atoms with van der Waals surface area (Å²) in [5.74, 6) is -0.904. The van der Waals surface area contributed by atoms with E-state index in [0.717, 1.165) is 11.1 Å². The maximum Gasteiger partial charge on any atom is 0.272 e. The Kier molecular flexibility index (Phi) is 7.49. The van der Waals surface area contributed by atoms with E-state index < -0.39 is 17.1 Å². The molecule has 0 aliphatic rings. The van der Waals surface area contributed by atoms with Crippen molar-refractivity contribution in [3.05, 3.63) is 94.8 Å². The number of nitrogens with zero attached hydrogens (tertiary/aromatic N) is 3. The summed E-state index contributed by atoms with van der Waals surface area (Å²) in [5, 5.41) is 12.0. The van der Waals surface area contributed by atoms with Crippen molar-refractivity contribution in [2.75, 3.05) is 7.11 Å². The van der Waals surface area contributed by atoms with E-state index in [-0.39, 0.29) is 24.5 Å². The van der Waals surface area contributed by atoms with Crippen molar-refractivity contribution < 1.29 is 13.9 Å². The molecule has 0 fully saturated rings. The molecule has 176 valence electrons. The van der Waals surface area contributed by atoms with Crippen molar-refractivity contribution in [3.63, 3.8) is 0 Å². The molecule has 0 aliphatic carbocycles. The maximum absolute atomic E-state index is 14.3. The number of nitriles is 1. The molecule has 1 amide bonds. The first-order valence-corrected chi connectivity index (χ1v) is 10.7. The van der Waals surface area contributed by atoms with Crippen LogP contribution in [0.25, 0.3) is 5.70 Å². The highest BCUT2D eigenvalue weighted by atomic mass is 19.1. The highest BCUT2D eigenvalue weighted by Gasteiger charge is 2.21. The van der Waals surface area contributed by atoms with Gasteiger partial charge in [0.05, 0.1) is 30.1 Å². The van der Waals surface area contributed by atoms with E-state index in [4.69, 9.17) is 10.5 Å². The lowest BCUT2D eigenvalue weighted by Crippen LogP contribution is -2.25. The van der Waals surface area contributed by atoms with Crippen LogP contribution in [0, 0.1) is 17.1 Å². The molecule has 2 aromatic carbocycles. The molecule has 7 nitrogen and oxygen atoms in total. The number of hydrogen-bond acceptors (Lipinski definition) is 5. The van der Waals surface area contributed by atoms with E-state index in [1.165, 1.54) is 6.07 Å². The molecule has 1 aromatic heterocycles. The molecule has 0 aliphatic heterocycles. The Hall–Kier alpha value is -3.96. The van der Waals surface area contributed by atoms with Crippen LogP contribution < -0.4 is 11.1 Å². The Morgan fingerprint density at radius 2 is 2.00 bits per heavy atom. The highest BCUT2D eigenvalue weighted by molar-refractivity contribution is 5.93. The monoisotopic (exact) mass is 461 g/mol. The third kappa shape index (κ3) is 5.50. The Morgan fingerprint density at radius 1 is 1.29 bits per heavy atom. The number of nitrogens with one attached hydrogen (secondary N) is 1. The molecular weight excluding hydrogens is 433 g/mol. The molecule has 0 spiro atoms. The summed E-state index contributed by atoms with van der Waals surface area (Å²) >= 11 is 0. The minimum atomic E-state index is -0.571. The molecule has 0 saturated heterocycles. The summed E-state index contributed by atoms with van der Waals surface area (Å²) in [5.41, 5.74) is 8.87. The summed E-state index contributed by atoms with van der Waals surface area (Å²) in [7, 11) is 1.54. The van der Waals surface area contributed by atoms with Crippen LogP contribution in [0.2, 0.25) is 0 Å². The predicted octanol–water partition coefficient (Wildman–Crippen LogP) is 3.88. The normalized spacial score (nSPS) is 11.1. The number of aromatic nitrogens is 2. The van der Waals surface area contributed by atoms with Crippen molar-refractivity contribution >= 4 is 11.6 Å². The average Bonchev–Trinajstić information content (AvgIpc) is 3.20. The fourth-order valence-electron chi connectivity index (χ4n) is 3.46. The van der Waals surface area contributed by atoms with Gasteiger partial charge in [-0.25, -0.2) is 9.37 Å². The molecule has 1 heterocycles. The van der Waals surface area contributed by atoms with Gasteiger partial charge < -0.3 is 20.4 Å². The number of imidazole rings is 1. The number of nitrogens with two attached hydrogens (primary N) is 1. The van der Waals surface area contributed by atoms with Gasteiger partial charge in [-0.2, -0.15) is 5.26 Å². The number of carbonyl (C=O) groups excluding carboxylic acids is 1. The number of amides is 1. The number of hydrogen-bond donors (Lipinski definition) is 2. The molecule has 8 heteroatoms. The summed E-state index contributed by atoms with van der Waals surface area (Å²) in [6, 6.07) is 14.6. The van der Waals surface area contributed by atoms with Gasteiger partial charge in [0.15, 0.2) is 5.69 Å². The zero-order chi connectivity index (χ0) is 24.9. The van der Waals surface area contributed by atoms with Crippen molar-refractivity contribution in [2.24, 2.45) is 5.73 Å². The van der Waals surface area contributed by atoms with E-state index in [1.54, 1.807) is 25.6 Å². The van der Waals surface area contributed by atoms with E-state index in [2.05, 4.69) is 22.9 Å². The van der Waals surface area contributed by atoms with E-state index in [9.17, 15) is 14.4 Å². The first-order chi connectivity index (χ1) is 16.2. The molecule has 3 rings (SSSR count). The van der Waals surface area contributed by atoms with E-state index in [0.29, 0.717) is 23.4 Å². The van der Waals surface area contributed by atoms with E-state index in [1.807, 2.05) is 42.7 Å². The van der Waals surface area contributed by atoms with Crippen LogP contribution >= 0.6 is 0 Å². The lowest BCUT2D eigenvalue weighted by atomic mass is 9.86. The average molecular weight is 462 g/mol. The molecule has 0 atom stereocenters. The number of ether oxygens (including phenoxy) is 1. The van der Waals surface area contributed by atoms with Gasteiger partial charge >= 0.3 is 0 Å². The summed E-state index contributed by atoms with van der Waals surface area (Å²) in [4.78, 5) is 17.1. The summed E-state index contributed by atoms with van der Waals surface area (Å²) in [6.07, 6.45) is 1.58. The third-order valence-corrected chi connectivity index (χ3v) is 5.61. The number of halogens is 1. The molecule has 3 aromatic rings. The van der Waals surface area contributed by atoms with Gasteiger partial charge in [0.25, 0.3) is 5.91 Å². The Labute approximate surface area is 198 Å². The van der Waals surface area contributed by atoms with Gasteiger partial charge in [0.1, 0.15) is 5.82 Å². The maximum atomic E-state index is 14.3. The fourth-order valence-corrected chi connectivity index (χ4v) is 3.46. The van der Waals surface area contributed by atoms with Gasteiger partial charge in [-0.05, 0) is 36.6 Å².